The molecule has 0 aliphatic heterocycles. The summed E-state index contributed by atoms with van der Waals surface area (Å²) in [6.07, 6.45) is 1.88. The van der Waals surface area contributed by atoms with Crippen LogP contribution in [0.3, 0.4) is 0 Å². The molecule has 0 spiro atoms. The van der Waals surface area contributed by atoms with Crippen molar-refractivity contribution >= 4 is 5.52 Å². The number of nitrogens with zero attached hydrogens (tertiary/aromatic N) is 1. The third kappa shape index (κ3) is 2.73. The van der Waals surface area contributed by atoms with E-state index < -0.39 is 0 Å². The normalized spacial score (nSPS) is 12.9. The van der Waals surface area contributed by atoms with Crippen LogP contribution in [0.4, 0.5) is 0 Å². The van der Waals surface area contributed by atoms with Crippen LogP contribution in [0.2, 0.25) is 0 Å². The van der Waals surface area contributed by atoms with E-state index >= 15 is 0 Å². The van der Waals surface area contributed by atoms with Crippen LogP contribution >= 0.6 is 0 Å². The van der Waals surface area contributed by atoms with Gasteiger partial charge >= 0.3 is 0 Å². The first-order chi connectivity index (χ1) is 8.59. The first kappa shape index (κ1) is 13.9. The van der Waals surface area contributed by atoms with Crippen LogP contribution in [-0.2, 0) is 10.8 Å². The summed E-state index contributed by atoms with van der Waals surface area (Å²) in [5, 5.41) is 0. The van der Waals surface area contributed by atoms with E-state index in [-0.39, 0.29) is 16.4 Å². The van der Waals surface area contributed by atoms with E-state index in [9.17, 15) is 4.79 Å². The van der Waals surface area contributed by atoms with E-state index in [1.54, 1.807) is 10.5 Å². The van der Waals surface area contributed by atoms with Crippen LogP contribution < -0.4 is 5.56 Å². The van der Waals surface area contributed by atoms with Gasteiger partial charge < -0.3 is 0 Å². The van der Waals surface area contributed by atoms with Crippen molar-refractivity contribution in [3.05, 3.63) is 51.9 Å². The van der Waals surface area contributed by atoms with Crippen LogP contribution in [0.25, 0.3) is 5.52 Å². The third-order valence-electron chi connectivity index (χ3n) is 3.54. The van der Waals surface area contributed by atoms with Gasteiger partial charge in [0, 0.05) is 17.8 Å². The summed E-state index contributed by atoms with van der Waals surface area (Å²) in [5.41, 5.74) is 3.44. The summed E-state index contributed by atoms with van der Waals surface area (Å²) in [6, 6.07) is 8.02. The number of aromatic nitrogens is 1. The Labute approximate surface area is 115 Å². The highest BCUT2D eigenvalue weighted by atomic mass is 16.1. The smallest absolute Gasteiger partial charge is 0.255 e. The number of hydrogen-bond acceptors (Lipinski definition) is 1. The standard InChI is InChI=1S/C17H23NO/c1-16(2,3)12-7-8-18-14(9-12)10-13(11-15(18)19)17(4,5)6/h7-11H,1-6H3. The zero-order valence-corrected chi connectivity index (χ0v) is 12.7. The molecule has 2 aromatic heterocycles. The SMILES string of the molecule is CC(C)(C)c1ccn2c(=O)cc(C(C)(C)C)cc2c1. The second-order valence-corrected chi connectivity index (χ2v) is 7.29. The van der Waals surface area contributed by atoms with E-state index in [0.29, 0.717) is 0 Å². The van der Waals surface area contributed by atoms with E-state index in [4.69, 9.17) is 0 Å². The molecule has 2 aromatic rings. The fourth-order valence-corrected chi connectivity index (χ4v) is 2.13. The summed E-state index contributed by atoms with van der Waals surface area (Å²) in [7, 11) is 0. The van der Waals surface area contributed by atoms with Crippen molar-refractivity contribution in [2.75, 3.05) is 0 Å². The molecule has 2 heterocycles. The van der Waals surface area contributed by atoms with Crippen molar-refractivity contribution in [3.8, 4) is 0 Å². The minimum atomic E-state index is -0.00829. The number of hydrogen-bond donors (Lipinski definition) is 0. The van der Waals surface area contributed by atoms with Crippen molar-refractivity contribution < 1.29 is 0 Å². The van der Waals surface area contributed by atoms with Crippen molar-refractivity contribution in [2.24, 2.45) is 0 Å². The van der Waals surface area contributed by atoms with Crippen LogP contribution in [0.5, 0.6) is 0 Å². The summed E-state index contributed by atoms with van der Waals surface area (Å²) in [5.74, 6) is 0. The van der Waals surface area contributed by atoms with Gasteiger partial charge in [-0.05, 0) is 40.2 Å². The average molecular weight is 257 g/mol. The zero-order valence-electron chi connectivity index (χ0n) is 12.7. The van der Waals surface area contributed by atoms with Crippen LogP contribution in [0, 0.1) is 0 Å². The molecule has 0 fully saturated rings. The Morgan fingerprint density at radius 3 is 1.89 bits per heavy atom. The lowest BCUT2D eigenvalue weighted by Crippen LogP contribution is -2.20. The molecule has 0 N–H and O–H groups in total. The summed E-state index contributed by atoms with van der Waals surface area (Å²) in [4.78, 5) is 12.2. The largest absolute Gasteiger partial charge is 0.284 e. The van der Waals surface area contributed by atoms with Crippen molar-refractivity contribution in [1.29, 1.82) is 0 Å². The predicted molar refractivity (Wildman–Crippen MR) is 81.1 cm³/mol. The highest BCUT2D eigenvalue weighted by molar-refractivity contribution is 5.53. The Bertz CT molecular complexity index is 661. The zero-order chi connectivity index (χ0) is 14.4. The van der Waals surface area contributed by atoms with Crippen molar-refractivity contribution in [1.82, 2.24) is 4.40 Å². The minimum absolute atomic E-state index is 0.00829. The number of fused-ring (bicyclic) bond motifs is 1. The Hall–Kier alpha value is -1.57. The van der Waals surface area contributed by atoms with E-state index in [2.05, 4.69) is 53.7 Å². The van der Waals surface area contributed by atoms with Gasteiger partial charge in [-0.3, -0.25) is 9.20 Å². The highest BCUT2D eigenvalue weighted by Gasteiger charge is 2.17. The maximum Gasteiger partial charge on any atom is 0.255 e. The molecule has 2 heteroatoms. The first-order valence-corrected chi connectivity index (χ1v) is 6.76. The second kappa shape index (κ2) is 4.22. The summed E-state index contributed by atoms with van der Waals surface area (Å²) < 4.78 is 1.71. The molecule has 0 unspecified atom stereocenters. The van der Waals surface area contributed by atoms with Gasteiger partial charge in [0.1, 0.15) is 0 Å². The summed E-state index contributed by atoms with van der Waals surface area (Å²) >= 11 is 0. The molecule has 0 atom stereocenters. The van der Waals surface area contributed by atoms with E-state index in [1.807, 2.05) is 12.3 Å². The lowest BCUT2D eigenvalue weighted by Gasteiger charge is -2.22. The van der Waals surface area contributed by atoms with Gasteiger partial charge in [-0.2, -0.15) is 0 Å². The molecule has 0 bridgehead atoms. The van der Waals surface area contributed by atoms with Gasteiger partial charge in [0.2, 0.25) is 0 Å². The topological polar surface area (TPSA) is 21.5 Å². The maximum absolute atomic E-state index is 12.2. The molecule has 0 radical (unpaired) electrons. The van der Waals surface area contributed by atoms with Gasteiger partial charge in [0.25, 0.3) is 5.56 Å². The number of rotatable bonds is 0. The fraction of sp³-hybridized carbons (Fsp3) is 0.471. The molecule has 2 nitrogen and oxygen atoms in total. The molecule has 0 amide bonds. The maximum atomic E-state index is 12.2. The molecule has 102 valence electrons. The van der Waals surface area contributed by atoms with Crippen molar-refractivity contribution in [3.63, 3.8) is 0 Å². The minimum Gasteiger partial charge on any atom is -0.284 e. The van der Waals surface area contributed by atoms with Crippen LogP contribution in [0.1, 0.15) is 52.7 Å². The molecular formula is C17H23NO. The molecule has 0 saturated carbocycles. The van der Waals surface area contributed by atoms with Gasteiger partial charge in [0.05, 0.1) is 0 Å². The molecule has 19 heavy (non-hydrogen) atoms. The van der Waals surface area contributed by atoms with Gasteiger partial charge in [-0.25, -0.2) is 0 Å². The average Bonchev–Trinajstić information content (AvgIpc) is 2.25. The Kier molecular flexibility index (Phi) is 3.08. The Balaban J connectivity index is 2.74. The molecular weight excluding hydrogens is 234 g/mol. The van der Waals surface area contributed by atoms with E-state index in [1.165, 1.54) is 5.56 Å². The van der Waals surface area contributed by atoms with Crippen LogP contribution in [0.15, 0.2) is 35.3 Å². The molecule has 0 aliphatic carbocycles. The molecule has 0 aliphatic rings. The quantitative estimate of drug-likeness (QED) is 0.701. The Morgan fingerprint density at radius 1 is 0.842 bits per heavy atom. The highest BCUT2D eigenvalue weighted by Crippen LogP contribution is 2.25. The molecule has 0 saturated heterocycles. The lowest BCUT2D eigenvalue weighted by molar-refractivity contribution is 0.586. The van der Waals surface area contributed by atoms with Gasteiger partial charge in [-0.15, -0.1) is 0 Å². The van der Waals surface area contributed by atoms with E-state index in [0.717, 1.165) is 11.1 Å². The summed E-state index contributed by atoms with van der Waals surface area (Å²) in [6.45, 7) is 12.9. The first-order valence-electron chi connectivity index (χ1n) is 6.76. The van der Waals surface area contributed by atoms with Crippen LogP contribution in [-0.4, -0.2) is 4.40 Å². The monoisotopic (exact) mass is 257 g/mol. The molecule has 2 rings (SSSR count). The molecule has 0 aromatic carbocycles. The number of pyridine rings is 2. The second-order valence-electron chi connectivity index (χ2n) is 7.29. The van der Waals surface area contributed by atoms with Gasteiger partial charge in [-0.1, -0.05) is 41.5 Å². The fourth-order valence-electron chi connectivity index (χ4n) is 2.13. The van der Waals surface area contributed by atoms with Gasteiger partial charge in [0.15, 0.2) is 0 Å². The Morgan fingerprint density at radius 2 is 1.37 bits per heavy atom. The lowest BCUT2D eigenvalue weighted by atomic mass is 9.85. The third-order valence-corrected chi connectivity index (χ3v) is 3.54. The van der Waals surface area contributed by atoms with Crippen molar-refractivity contribution in [2.45, 2.75) is 52.4 Å². The predicted octanol–water partition coefficient (Wildman–Crippen LogP) is 3.89.